The van der Waals surface area contributed by atoms with Gasteiger partial charge in [-0.15, -0.1) is 6.42 Å². The fourth-order valence-corrected chi connectivity index (χ4v) is 2.73. The SMILES string of the molecule is C#CC(C)NC1(CN)CCCCC1(C)C. The fourth-order valence-electron chi connectivity index (χ4n) is 2.73. The van der Waals surface area contributed by atoms with E-state index in [1.165, 1.54) is 19.3 Å². The van der Waals surface area contributed by atoms with Crippen LogP contribution in [0.15, 0.2) is 0 Å². The van der Waals surface area contributed by atoms with Crippen LogP contribution in [0.25, 0.3) is 0 Å². The maximum atomic E-state index is 5.99. The van der Waals surface area contributed by atoms with Crippen molar-refractivity contribution in [2.24, 2.45) is 11.1 Å². The summed E-state index contributed by atoms with van der Waals surface area (Å²) in [6.07, 6.45) is 10.4. The Bertz CT molecular complexity index is 252. The van der Waals surface area contributed by atoms with Gasteiger partial charge in [0.05, 0.1) is 6.04 Å². The van der Waals surface area contributed by atoms with Crippen LogP contribution in [0.5, 0.6) is 0 Å². The van der Waals surface area contributed by atoms with E-state index in [9.17, 15) is 0 Å². The molecule has 0 heterocycles. The van der Waals surface area contributed by atoms with Gasteiger partial charge < -0.3 is 5.73 Å². The minimum Gasteiger partial charge on any atom is -0.329 e. The first-order chi connectivity index (χ1) is 6.97. The number of terminal acetylenes is 1. The monoisotopic (exact) mass is 208 g/mol. The summed E-state index contributed by atoms with van der Waals surface area (Å²) in [5.41, 5.74) is 6.25. The highest BCUT2D eigenvalue weighted by Crippen LogP contribution is 2.43. The average Bonchev–Trinajstić information content (AvgIpc) is 2.21. The third kappa shape index (κ3) is 2.35. The van der Waals surface area contributed by atoms with Crippen LogP contribution in [0, 0.1) is 17.8 Å². The van der Waals surface area contributed by atoms with Crippen LogP contribution >= 0.6 is 0 Å². The van der Waals surface area contributed by atoms with Crippen LogP contribution in [0.2, 0.25) is 0 Å². The summed E-state index contributed by atoms with van der Waals surface area (Å²) >= 11 is 0. The summed E-state index contributed by atoms with van der Waals surface area (Å²) in [4.78, 5) is 0. The molecule has 1 fully saturated rings. The molecule has 0 radical (unpaired) electrons. The molecule has 0 amide bonds. The number of hydrogen-bond acceptors (Lipinski definition) is 2. The molecule has 0 aromatic heterocycles. The van der Waals surface area contributed by atoms with E-state index in [1.807, 2.05) is 6.92 Å². The molecule has 0 aromatic carbocycles. The zero-order valence-corrected chi connectivity index (χ0v) is 10.3. The molecule has 0 saturated heterocycles. The molecular weight excluding hydrogens is 184 g/mol. The van der Waals surface area contributed by atoms with Gasteiger partial charge in [0.25, 0.3) is 0 Å². The highest BCUT2D eigenvalue weighted by molar-refractivity contribution is 5.08. The molecule has 15 heavy (non-hydrogen) atoms. The first-order valence-corrected chi connectivity index (χ1v) is 5.91. The summed E-state index contributed by atoms with van der Waals surface area (Å²) in [6, 6.07) is 0.103. The average molecular weight is 208 g/mol. The normalized spacial score (nSPS) is 31.9. The molecule has 0 spiro atoms. The molecule has 1 saturated carbocycles. The van der Waals surface area contributed by atoms with Crippen LogP contribution in [0.3, 0.4) is 0 Å². The molecule has 1 aliphatic carbocycles. The molecule has 1 rings (SSSR count). The zero-order chi connectivity index (χ0) is 11.5. The van der Waals surface area contributed by atoms with Crippen molar-refractivity contribution in [2.45, 2.75) is 58.0 Å². The molecule has 1 aliphatic rings. The predicted octanol–water partition coefficient (Wildman–Crippen LogP) is 1.90. The largest absolute Gasteiger partial charge is 0.329 e. The van der Waals surface area contributed by atoms with Crippen molar-refractivity contribution in [1.29, 1.82) is 0 Å². The third-order valence-corrected chi connectivity index (χ3v) is 4.04. The molecule has 86 valence electrons. The molecule has 0 bridgehead atoms. The van der Waals surface area contributed by atoms with Crippen LogP contribution in [-0.2, 0) is 0 Å². The second-order valence-corrected chi connectivity index (χ2v) is 5.41. The Hall–Kier alpha value is -0.520. The molecule has 0 aromatic rings. The lowest BCUT2D eigenvalue weighted by Gasteiger charge is -2.51. The Morgan fingerprint density at radius 2 is 2.00 bits per heavy atom. The molecule has 0 aliphatic heterocycles. The van der Waals surface area contributed by atoms with E-state index < -0.39 is 0 Å². The first-order valence-electron chi connectivity index (χ1n) is 5.91. The predicted molar refractivity (Wildman–Crippen MR) is 65.5 cm³/mol. The molecular formula is C13H24N2. The number of nitrogens with two attached hydrogens (primary N) is 1. The summed E-state index contributed by atoms with van der Waals surface area (Å²) in [5.74, 6) is 2.74. The molecule has 3 N–H and O–H groups in total. The van der Waals surface area contributed by atoms with E-state index in [0.29, 0.717) is 6.54 Å². The quantitative estimate of drug-likeness (QED) is 0.695. The maximum absolute atomic E-state index is 5.99. The fraction of sp³-hybridized carbons (Fsp3) is 0.846. The summed E-state index contributed by atoms with van der Waals surface area (Å²) < 4.78 is 0. The van der Waals surface area contributed by atoms with Crippen molar-refractivity contribution in [2.75, 3.05) is 6.54 Å². The van der Waals surface area contributed by atoms with Gasteiger partial charge in [-0.05, 0) is 25.2 Å². The van der Waals surface area contributed by atoms with Gasteiger partial charge in [0.2, 0.25) is 0 Å². The van der Waals surface area contributed by atoms with Gasteiger partial charge in [-0.25, -0.2) is 0 Å². The van der Waals surface area contributed by atoms with Gasteiger partial charge in [-0.3, -0.25) is 5.32 Å². The van der Waals surface area contributed by atoms with E-state index >= 15 is 0 Å². The van der Waals surface area contributed by atoms with Gasteiger partial charge in [-0.2, -0.15) is 0 Å². The minimum absolute atomic E-state index is 0.0248. The van der Waals surface area contributed by atoms with E-state index in [-0.39, 0.29) is 17.0 Å². The standard InChI is InChI=1S/C13H24N2/c1-5-11(2)15-13(10-14)9-7-6-8-12(13,3)4/h1,11,15H,6-10,14H2,2-4H3. The van der Waals surface area contributed by atoms with Crippen LogP contribution < -0.4 is 11.1 Å². The van der Waals surface area contributed by atoms with Crippen LogP contribution in [-0.4, -0.2) is 18.1 Å². The topological polar surface area (TPSA) is 38.0 Å². The van der Waals surface area contributed by atoms with Crippen molar-refractivity contribution in [1.82, 2.24) is 5.32 Å². The second kappa shape index (κ2) is 4.55. The van der Waals surface area contributed by atoms with Crippen molar-refractivity contribution in [3.05, 3.63) is 0 Å². The highest BCUT2D eigenvalue weighted by Gasteiger charge is 2.45. The molecule has 2 nitrogen and oxygen atoms in total. The van der Waals surface area contributed by atoms with Crippen LogP contribution in [0.1, 0.15) is 46.5 Å². The number of nitrogens with one attached hydrogen (secondary N) is 1. The minimum atomic E-state index is 0.0248. The zero-order valence-electron chi connectivity index (χ0n) is 10.3. The van der Waals surface area contributed by atoms with Crippen molar-refractivity contribution in [3.8, 4) is 12.3 Å². The molecule has 2 heteroatoms. The lowest BCUT2D eigenvalue weighted by atomic mass is 9.63. The van der Waals surface area contributed by atoms with Crippen molar-refractivity contribution < 1.29 is 0 Å². The van der Waals surface area contributed by atoms with E-state index in [2.05, 4.69) is 25.1 Å². The lowest BCUT2D eigenvalue weighted by molar-refractivity contribution is 0.0651. The van der Waals surface area contributed by atoms with Gasteiger partial charge in [0.15, 0.2) is 0 Å². The Morgan fingerprint density at radius 1 is 1.40 bits per heavy atom. The smallest absolute Gasteiger partial charge is 0.0663 e. The molecule has 2 unspecified atom stereocenters. The van der Waals surface area contributed by atoms with Gasteiger partial charge >= 0.3 is 0 Å². The Labute approximate surface area is 94.0 Å². The van der Waals surface area contributed by atoms with Crippen LogP contribution in [0.4, 0.5) is 0 Å². The van der Waals surface area contributed by atoms with E-state index in [1.54, 1.807) is 0 Å². The van der Waals surface area contributed by atoms with Gasteiger partial charge in [0, 0.05) is 12.1 Å². The summed E-state index contributed by atoms with van der Waals surface area (Å²) in [7, 11) is 0. The van der Waals surface area contributed by atoms with E-state index in [0.717, 1.165) is 6.42 Å². The Balaban J connectivity index is 2.86. The number of rotatable bonds is 3. The van der Waals surface area contributed by atoms with Crippen molar-refractivity contribution in [3.63, 3.8) is 0 Å². The third-order valence-electron chi connectivity index (χ3n) is 4.04. The maximum Gasteiger partial charge on any atom is 0.0663 e. The van der Waals surface area contributed by atoms with Crippen molar-refractivity contribution >= 4 is 0 Å². The first kappa shape index (κ1) is 12.5. The molecule has 2 atom stereocenters. The van der Waals surface area contributed by atoms with E-state index in [4.69, 9.17) is 12.2 Å². The highest BCUT2D eigenvalue weighted by atomic mass is 15.0. The summed E-state index contributed by atoms with van der Waals surface area (Å²) in [5, 5.41) is 3.56. The summed E-state index contributed by atoms with van der Waals surface area (Å²) in [6.45, 7) is 7.30. The van der Waals surface area contributed by atoms with Gasteiger partial charge in [0.1, 0.15) is 0 Å². The lowest BCUT2D eigenvalue weighted by Crippen LogP contribution is -2.64. The Morgan fingerprint density at radius 3 is 2.47 bits per heavy atom. The second-order valence-electron chi connectivity index (χ2n) is 5.41. The van der Waals surface area contributed by atoms with Gasteiger partial charge in [-0.1, -0.05) is 32.6 Å². The Kier molecular flexibility index (Phi) is 3.81. The number of hydrogen-bond donors (Lipinski definition) is 2.